The normalized spacial score (nSPS) is 16.7. The number of hydrogen-bond acceptors (Lipinski definition) is 4. The molecule has 3 heterocycles. The molecule has 0 radical (unpaired) electrons. The Morgan fingerprint density at radius 3 is 3.23 bits per heavy atom. The highest BCUT2D eigenvalue weighted by Crippen LogP contribution is 2.22. The van der Waals surface area contributed by atoms with Crippen molar-refractivity contribution in [1.82, 2.24) is 24.5 Å². The van der Waals surface area contributed by atoms with Gasteiger partial charge in [0.05, 0.1) is 5.69 Å². The molecule has 0 bridgehead atoms. The first-order chi connectivity index (χ1) is 6.34. The number of aromatic nitrogens is 4. The molecule has 5 heteroatoms. The van der Waals surface area contributed by atoms with Gasteiger partial charge in [0.25, 0.3) is 0 Å². The molecule has 0 aliphatic carbocycles. The Kier molecular flexibility index (Phi) is 1.21. The lowest BCUT2D eigenvalue weighted by atomic mass is 10.3. The number of hydrogen-bond donors (Lipinski definition) is 0. The van der Waals surface area contributed by atoms with E-state index in [4.69, 9.17) is 0 Å². The SMILES string of the molecule is CN1Cc2nn3cncnc3c2C1. The van der Waals surface area contributed by atoms with Crippen LogP contribution >= 0.6 is 0 Å². The molecule has 0 saturated carbocycles. The summed E-state index contributed by atoms with van der Waals surface area (Å²) in [5, 5.41) is 4.39. The van der Waals surface area contributed by atoms with Crippen molar-refractivity contribution in [2.24, 2.45) is 0 Å². The number of nitrogens with zero attached hydrogens (tertiary/aromatic N) is 5. The lowest BCUT2D eigenvalue weighted by Gasteiger charge is -2.04. The van der Waals surface area contributed by atoms with E-state index in [1.807, 2.05) is 0 Å². The highest BCUT2D eigenvalue weighted by Gasteiger charge is 2.22. The van der Waals surface area contributed by atoms with Gasteiger partial charge in [-0.3, -0.25) is 4.90 Å². The Morgan fingerprint density at radius 1 is 1.38 bits per heavy atom. The Labute approximate surface area is 75.0 Å². The van der Waals surface area contributed by atoms with Gasteiger partial charge in [-0.05, 0) is 7.05 Å². The van der Waals surface area contributed by atoms with Gasteiger partial charge in [-0.15, -0.1) is 0 Å². The third-order valence-electron chi connectivity index (χ3n) is 2.33. The van der Waals surface area contributed by atoms with Crippen molar-refractivity contribution >= 4 is 5.65 Å². The van der Waals surface area contributed by atoms with Gasteiger partial charge in [-0.25, -0.2) is 14.5 Å². The predicted molar refractivity (Wildman–Crippen MR) is 46.0 cm³/mol. The minimum Gasteiger partial charge on any atom is -0.296 e. The van der Waals surface area contributed by atoms with Gasteiger partial charge in [0, 0.05) is 18.7 Å². The fourth-order valence-corrected chi connectivity index (χ4v) is 1.77. The smallest absolute Gasteiger partial charge is 0.163 e. The zero-order valence-electron chi connectivity index (χ0n) is 7.30. The zero-order valence-corrected chi connectivity index (χ0v) is 7.30. The molecule has 0 amide bonds. The molecule has 0 spiro atoms. The standard InChI is InChI=1S/C8H9N5/c1-12-2-6-7(3-12)11-13-5-9-4-10-8(6)13/h4-5H,2-3H2,1H3. The highest BCUT2D eigenvalue weighted by atomic mass is 15.3. The van der Waals surface area contributed by atoms with Gasteiger partial charge in [0.2, 0.25) is 0 Å². The number of rotatable bonds is 0. The maximum Gasteiger partial charge on any atom is 0.163 e. The summed E-state index contributed by atoms with van der Waals surface area (Å²) in [4.78, 5) is 10.4. The maximum atomic E-state index is 4.39. The van der Waals surface area contributed by atoms with Crippen LogP contribution in [0.25, 0.3) is 5.65 Å². The molecule has 1 aliphatic heterocycles. The topological polar surface area (TPSA) is 46.3 Å². The van der Waals surface area contributed by atoms with Crippen LogP contribution in [0.4, 0.5) is 0 Å². The predicted octanol–water partition coefficient (Wildman–Crippen LogP) is 0.0697. The zero-order chi connectivity index (χ0) is 8.84. The number of fused-ring (bicyclic) bond motifs is 3. The Hall–Kier alpha value is -1.49. The van der Waals surface area contributed by atoms with Crippen LogP contribution in [0.5, 0.6) is 0 Å². The van der Waals surface area contributed by atoms with Crippen molar-refractivity contribution in [3.63, 3.8) is 0 Å². The molecular formula is C8H9N5. The Balaban J connectivity index is 2.31. The van der Waals surface area contributed by atoms with Gasteiger partial charge < -0.3 is 0 Å². The molecule has 13 heavy (non-hydrogen) atoms. The van der Waals surface area contributed by atoms with Crippen LogP contribution in [0.2, 0.25) is 0 Å². The minimum atomic E-state index is 0.915. The average Bonchev–Trinajstić information content (AvgIpc) is 2.60. The van der Waals surface area contributed by atoms with Gasteiger partial charge >= 0.3 is 0 Å². The monoisotopic (exact) mass is 175 g/mol. The Morgan fingerprint density at radius 2 is 2.31 bits per heavy atom. The Bertz CT molecular complexity index is 461. The molecule has 0 saturated heterocycles. The van der Waals surface area contributed by atoms with Crippen LogP contribution in [0.3, 0.4) is 0 Å². The molecule has 0 atom stereocenters. The van der Waals surface area contributed by atoms with Crippen molar-refractivity contribution in [3.05, 3.63) is 23.9 Å². The van der Waals surface area contributed by atoms with Crippen molar-refractivity contribution < 1.29 is 0 Å². The van der Waals surface area contributed by atoms with Gasteiger partial charge in [-0.1, -0.05) is 0 Å². The van der Waals surface area contributed by atoms with Crippen LogP contribution in [-0.2, 0) is 13.1 Å². The molecule has 0 unspecified atom stereocenters. The summed E-state index contributed by atoms with van der Waals surface area (Å²) >= 11 is 0. The van der Waals surface area contributed by atoms with E-state index >= 15 is 0 Å². The fourth-order valence-electron chi connectivity index (χ4n) is 1.77. The van der Waals surface area contributed by atoms with E-state index in [0.29, 0.717) is 0 Å². The molecule has 0 fully saturated rings. The van der Waals surface area contributed by atoms with Crippen LogP contribution in [0.1, 0.15) is 11.3 Å². The second kappa shape index (κ2) is 2.26. The quantitative estimate of drug-likeness (QED) is 0.568. The molecule has 0 N–H and O–H groups in total. The fraction of sp³-hybridized carbons (Fsp3) is 0.375. The summed E-state index contributed by atoms with van der Waals surface area (Å²) in [6, 6.07) is 0. The largest absolute Gasteiger partial charge is 0.296 e. The van der Waals surface area contributed by atoms with Gasteiger partial charge in [0.15, 0.2) is 5.65 Å². The van der Waals surface area contributed by atoms with Gasteiger partial charge in [-0.2, -0.15) is 5.10 Å². The maximum absolute atomic E-state index is 4.39. The second-order valence-corrected chi connectivity index (χ2v) is 3.37. The summed E-state index contributed by atoms with van der Waals surface area (Å²) in [7, 11) is 2.08. The van der Waals surface area contributed by atoms with Crippen LogP contribution in [-0.4, -0.2) is 31.5 Å². The summed E-state index contributed by atoms with van der Waals surface area (Å²) < 4.78 is 1.75. The lowest BCUT2D eigenvalue weighted by molar-refractivity contribution is 0.348. The first-order valence-corrected chi connectivity index (χ1v) is 4.19. The minimum absolute atomic E-state index is 0.915. The van der Waals surface area contributed by atoms with E-state index in [1.54, 1.807) is 17.2 Å². The van der Waals surface area contributed by atoms with Crippen molar-refractivity contribution in [2.75, 3.05) is 7.05 Å². The van der Waals surface area contributed by atoms with E-state index in [9.17, 15) is 0 Å². The van der Waals surface area contributed by atoms with Crippen molar-refractivity contribution in [2.45, 2.75) is 13.1 Å². The van der Waals surface area contributed by atoms with Crippen LogP contribution in [0, 0.1) is 0 Å². The van der Waals surface area contributed by atoms with Crippen LogP contribution < -0.4 is 0 Å². The molecule has 1 aliphatic rings. The third kappa shape index (κ3) is 0.874. The van der Waals surface area contributed by atoms with E-state index in [1.165, 1.54) is 5.56 Å². The van der Waals surface area contributed by atoms with E-state index in [-0.39, 0.29) is 0 Å². The summed E-state index contributed by atoms with van der Waals surface area (Å²) in [6.07, 6.45) is 3.26. The molecule has 5 nitrogen and oxygen atoms in total. The second-order valence-electron chi connectivity index (χ2n) is 3.37. The van der Waals surface area contributed by atoms with Crippen LogP contribution in [0.15, 0.2) is 12.7 Å². The molecule has 2 aromatic rings. The van der Waals surface area contributed by atoms with E-state index < -0.39 is 0 Å². The molecular weight excluding hydrogens is 166 g/mol. The van der Waals surface area contributed by atoms with E-state index in [0.717, 1.165) is 24.4 Å². The first-order valence-electron chi connectivity index (χ1n) is 4.19. The van der Waals surface area contributed by atoms with Gasteiger partial charge in [0.1, 0.15) is 12.7 Å². The average molecular weight is 175 g/mol. The molecule has 0 aromatic carbocycles. The molecule has 3 rings (SSSR count). The van der Waals surface area contributed by atoms with Crippen molar-refractivity contribution in [1.29, 1.82) is 0 Å². The first kappa shape index (κ1) is 6.97. The molecule has 66 valence electrons. The highest BCUT2D eigenvalue weighted by molar-refractivity contribution is 5.50. The van der Waals surface area contributed by atoms with E-state index in [2.05, 4.69) is 27.0 Å². The summed E-state index contributed by atoms with van der Waals surface area (Å²) in [5.74, 6) is 0. The summed E-state index contributed by atoms with van der Waals surface area (Å²) in [6.45, 7) is 1.86. The lowest BCUT2D eigenvalue weighted by Crippen LogP contribution is -2.10. The molecule has 2 aromatic heterocycles. The summed E-state index contributed by atoms with van der Waals surface area (Å²) in [5.41, 5.74) is 3.31. The van der Waals surface area contributed by atoms with Crippen molar-refractivity contribution in [3.8, 4) is 0 Å². The third-order valence-corrected chi connectivity index (χ3v) is 2.33.